The lowest BCUT2D eigenvalue weighted by molar-refractivity contribution is -0.0605. The molecule has 1 fully saturated rings. The summed E-state index contributed by atoms with van der Waals surface area (Å²) in [6.45, 7) is 8.87. The molecule has 8 heteroatoms. The number of nitrogens with zero attached hydrogens (tertiary/aromatic N) is 5. The highest BCUT2D eigenvalue weighted by Crippen LogP contribution is 2.25. The Labute approximate surface area is 172 Å². The van der Waals surface area contributed by atoms with Crippen molar-refractivity contribution in [3.05, 3.63) is 47.3 Å². The minimum absolute atomic E-state index is 0.0362. The van der Waals surface area contributed by atoms with Gasteiger partial charge in [0.05, 0.1) is 12.6 Å². The number of aliphatic imine (C=N–C) groups is 1. The molecule has 1 aliphatic heterocycles. The predicted octanol–water partition coefficient (Wildman–Crippen LogP) is 2.97. The molecule has 2 aromatic rings. The second kappa shape index (κ2) is 9.82. The molecule has 158 valence electrons. The Morgan fingerprint density at radius 3 is 2.69 bits per heavy atom. The van der Waals surface area contributed by atoms with Crippen LogP contribution in [-0.2, 0) is 18.3 Å². The van der Waals surface area contributed by atoms with Gasteiger partial charge in [-0.3, -0.25) is 0 Å². The molecule has 0 bridgehead atoms. The SMILES string of the molecule is CCCCNC(=NCc1nnc(C)n1C)N1CC(C)OC(c2ccc(F)cc2)C1. The maximum atomic E-state index is 13.3. The third-order valence-corrected chi connectivity index (χ3v) is 5.17. The maximum absolute atomic E-state index is 13.3. The molecule has 0 spiro atoms. The molecule has 0 amide bonds. The molecule has 1 N–H and O–H groups in total. The van der Waals surface area contributed by atoms with Gasteiger partial charge in [0.15, 0.2) is 11.8 Å². The van der Waals surface area contributed by atoms with Gasteiger partial charge < -0.3 is 19.5 Å². The number of guanidine groups is 1. The fourth-order valence-corrected chi connectivity index (χ4v) is 3.36. The average molecular weight is 403 g/mol. The van der Waals surface area contributed by atoms with E-state index in [2.05, 4.69) is 34.3 Å². The molecular weight excluding hydrogens is 371 g/mol. The molecule has 1 aliphatic rings. The number of benzene rings is 1. The summed E-state index contributed by atoms with van der Waals surface area (Å²) in [5.74, 6) is 2.30. The summed E-state index contributed by atoms with van der Waals surface area (Å²) in [6.07, 6.45) is 2.09. The number of morpholine rings is 1. The summed E-state index contributed by atoms with van der Waals surface area (Å²) >= 11 is 0. The van der Waals surface area contributed by atoms with Crippen LogP contribution in [0.2, 0.25) is 0 Å². The molecule has 3 rings (SSSR count). The van der Waals surface area contributed by atoms with Crippen molar-refractivity contribution < 1.29 is 9.13 Å². The van der Waals surface area contributed by atoms with Crippen molar-refractivity contribution >= 4 is 5.96 Å². The van der Waals surface area contributed by atoms with Gasteiger partial charge in [0, 0.05) is 20.1 Å². The number of hydrogen-bond acceptors (Lipinski definition) is 4. The van der Waals surface area contributed by atoms with Gasteiger partial charge >= 0.3 is 0 Å². The maximum Gasteiger partial charge on any atom is 0.194 e. The van der Waals surface area contributed by atoms with E-state index < -0.39 is 0 Å². The van der Waals surface area contributed by atoms with Crippen LogP contribution in [0, 0.1) is 12.7 Å². The first-order chi connectivity index (χ1) is 14.0. The van der Waals surface area contributed by atoms with E-state index in [4.69, 9.17) is 9.73 Å². The van der Waals surface area contributed by atoms with Crippen LogP contribution in [0.3, 0.4) is 0 Å². The van der Waals surface area contributed by atoms with Gasteiger partial charge in [-0.15, -0.1) is 10.2 Å². The van der Waals surface area contributed by atoms with E-state index in [0.717, 1.165) is 49.1 Å². The summed E-state index contributed by atoms with van der Waals surface area (Å²) in [6, 6.07) is 6.54. The van der Waals surface area contributed by atoms with Crippen molar-refractivity contribution in [2.24, 2.45) is 12.0 Å². The number of aryl methyl sites for hydroxylation is 1. The molecule has 0 radical (unpaired) electrons. The minimum Gasteiger partial charge on any atom is -0.367 e. The zero-order chi connectivity index (χ0) is 20.8. The molecule has 0 aliphatic carbocycles. The van der Waals surface area contributed by atoms with Crippen molar-refractivity contribution in [2.75, 3.05) is 19.6 Å². The smallest absolute Gasteiger partial charge is 0.194 e. The first-order valence-electron chi connectivity index (χ1n) is 10.3. The minimum atomic E-state index is -0.239. The van der Waals surface area contributed by atoms with E-state index >= 15 is 0 Å². The van der Waals surface area contributed by atoms with E-state index in [1.807, 2.05) is 18.5 Å². The Hall–Kier alpha value is -2.48. The second-order valence-corrected chi connectivity index (χ2v) is 7.53. The first-order valence-corrected chi connectivity index (χ1v) is 10.3. The van der Waals surface area contributed by atoms with Crippen LogP contribution in [0.1, 0.15) is 50.0 Å². The summed E-state index contributed by atoms with van der Waals surface area (Å²) in [4.78, 5) is 7.06. The number of aromatic nitrogens is 3. The molecule has 7 nitrogen and oxygen atoms in total. The number of hydrogen-bond donors (Lipinski definition) is 1. The fraction of sp³-hybridized carbons (Fsp3) is 0.571. The standard InChI is InChI=1S/C21H31FN6O/c1-5-6-11-23-21(24-12-20-26-25-16(3)27(20)4)28-13-15(2)29-19(14-28)17-7-9-18(22)10-8-17/h7-10,15,19H,5-6,11-14H2,1-4H3,(H,23,24). The molecule has 1 aromatic carbocycles. The Morgan fingerprint density at radius 1 is 1.28 bits per heavy atom. The van der Waals surface area contributed by atoms with Crippen molar-refractivity contribution in [3.8, 4) is 0 Å². The summed E-state index contributed by atoms with van der Waals surface area (Å²) < 4.78 is 21.4. The second-order valence-electron chi connectivity index (χ2n) is 7.53. The monoisotopic (exact) mass is 402 g/mol. The molecule has 1 aromatic heterocycles. The van der Waals surface area contributed by atoms with Gasteiger partial charge in [-0.25, -0.2) is 9.38 Å². The van der Waals surface area contributed by atoms with Gasteiger partial charge in [0.1, 0.15) is 24.3 Å². The lowest BCUT2D eigenvalue weighted by Gasteiger charge is -2.38. The van der Waals surface area contributed by atoms with E-state index in [1.165, 1.54) is 12.1 Å². The molecule has 2 atom stereocenters. The molecule has 2 heterocycles. The Morgan fingerprint density at radius 2 is 2.03 bits per heavy atom. The van der Waals surface area contributed by atoms with Crippen molar-refractivity contribution in [2.45, 2.75) is 52.4 Å². The predicted molar refractivity (Wildman–Crippen MR) is 111 cm³/mol. The Bertz CT molecular complexity index is 819. The topological polar surface area (TPSA) is 67.6 Å². The highest BCUT2D eigenvalue weighted by molar-refractivity contribution is 5.80. The third-order valence-electron chi connectivity index (χ3n) is 5.17. The van der Waals surface area contributed by atoms with E-state index in [-0.39, 0.29) is 18.0 Å². The number of halogens is 1. The van der Waals surface area contributed by atoms with Crippen LogP contribution >= 0.6 is 0 Å². The van der Waals surface area contributed by atoms with Gasteiger partial charge in [-0.05, 0) is 38.0 Å². The quantitative estimate of drug-likeness (QED) is 0.457. The van der Waals surface area contributed by atoms with Gasteiger partial charge in [-0.2, -0.15) is 0 Å². The lowest BCUT2D eigenvalue weighted by Crippen LogP contribution is -2.51. The summed E-state index contributed by atoms with van der Waals surface area (Å²) in [5, 5.41) is 11.8. The van der Waals surface area contributed by atoms with Crippen LogP contribution in [0.25, 0.3) is 0 Å². The van der Waals surface area contributed by atoms with Crippen molar-refractivity contribution in [3.63, 3.8) is 0 Å². The van der Waals surface area contributed by atoms with Crippen LogP contribution in [-0.4, -0.2) is 51.4 Å². The van der Waals surface area contributed by atoms with Gasteiger partial charge in [0.25, 0.3) is 0 Å². The molecule has 2 unspecified atom stereocenters. The first kappa shape index (κ1) is 21.2. The zero-order valence-corrected chi connectivity index (χ0v) is 17.7. The Kier molecular flexibility index (Phi) is 7.19. The average Bonchev–Trinajstić information content (AvgIpc) is 3.03. The van der Waals surface area contributed by atoms with E-state index in [0.29, 0.717) is 13.1 Å². The highest BCUT2D eigenvalue weighted by Gasteiger charge is 2.28. The summed E-state index contributed by atoms with van der Waals surface area (Å²) in [5.41, 5.74) is 0.972. The van der Waals surface area contributed by atoms with Crippen LogP contribution < -0.4 is 5.32 Å². The normalized spacial score (nSPS) is 20.2. The number of rotatable bonds is 6. The lowest BCUT2D eigenvalue weighted by atomic mass is 10.1. The van der Waals surface area contributed by atoms with E-state index in [9.17, 15) is 4.39 Å². The molecule has 29 heavy (non-hydrogen) atoms. The van der Waals surface area contributed by atoms with Crippen molar-refractivity contribution in [1.82, 2.24) is 25.0 Å². The number of nitrogens with one attached hydrogen (secondary N) is 1. The fourth-order valence-electron chi connectivity index (χ4n) is 3.36. The van der Waals surface area contributed by atoms with Crippen LogP contribution in [0.4, 0.5) is 4.39 Å². The highest BCUT2D eigenvalue weighted by atomic mass is 19.1. The van der Waals surface area contributed by atoms with Crippen molar-refractivity contribution in [1.29, 1.82) is 0 Å². The van der Waals surface area contributed by atoms with Crippen LogP contribution in [0.15, 0.2) is 29.3 Å². The largest absolute Gasteiger partial charge is 0.367 e. The Balaban J connectivity index is 1.78. The number of unbranched alkanes of at least 4 members (excludes halogenated alkanes) is 1. The molecular formula is C21H31FN6O. The zero-order valence-electron chi connectivity index (χ0n) is 17.7. The van der Waals surface area contributed by atoms with Gasteiger partial charge in [0.2, 0.25) is 0 Å². The molecule has 1 saturated heterocycles. The van der Waals surface area contributed by atoms with Gasteiger partial charge in [-0.1, -0.05) is 25.5 Å². The summed E-state index contributed by atoms with van der Waals surface area (Å²) in [7, 11) is 1.95. The third kappa shape index (κ3) is 5.53. The van der Waals surface area contributed by atoms with E-state index in [1.54, 1.807) is 12.1 Å². The van der Waals surface area contributed by atoms with Crippen LogP contribution in [0.5, 0.6) is 0 Å². The number of ether oxygens (including phenoxy) is 1. The molecule has 0 saturated carbocycles.